The van der Waals surface area contributed by atoms with E-state index in [1.54, 1.807) is 0 Å². The maximum absolute atomic E-state index is 11.8. The highest BCUT2D eigenvalue weighted by molar-refractivity contribution is 5.71. The molecule has 0 spiro atoms. The molecule has 0 radical (unpaired) electrons. The van der Waals surface area contributed by atoms with E-state index in [9.17, 15) is 28.8 Å². The number of carbonyl (C=O) groups excluding carboxylic acids is 6. The summed E-state index contributed by atoms with van der Waals surface area (Å²) in [6.07, 6.45) is 0.925. The van der Waals surface area contributed by atoms with Gasteiger partial charge >= 0.3 is 35.8 Å². The first-order valence-electron chi connectivity index (χ1n) is 15.3. The molecule has 0 fully saturated rings. The molecule has 0 aliphatic heterocycles. The SMILES string of the molecule is COC(=O)CCN(CCC(=O)OC)CCN(CCN(CCC(=O)OC)CCC(=O)OC)CCN(CCC(=O)OC)CCC(=O)OC. The summed E-state index contributed by atoms with van der Waals surface area (Å²) in [7, 11) is 7.92. The van der Waals surface area contributed by atoms with Gasteiger partial charge in [-0.3, -0.25) is 33.7 Å². The molecule has 266 valence electrons. The molecule has 0 saturated carbocycles. The lowest BCUT2D eigenvalue weighted by Gasteiger charge is -2.31. The Balaban J connectivity index is 5.81. The van der Waals surface area contributed by atoms with Crippen LogP contribution in [0, 0.1) is 0 Å². The lowest BCUT2D eigenvalue weighted by molar-refractivity contribution is -0.142. The zero-order valence-corrected chi connectivity index (χ0v) is 28.4. The molecular formula is C30H54N4O12. The van der Waals surface area contributed by atoms with E-state index in [0.717, 1.165) is 0 Å². The first kappa shape index (κ1) is 42.7. The average Bonchev–Trinajstić information content (AvgIpc) is 3.08. The van der Waals surface area contributed by atoms with Crippen LogP contribution in [-0.4, -0.2) is 177 Å². The summed E-state index contributed by atoms with van der Waals surface area (Å²) in [5.41, 5.74) is 0. The minimum absolute atomic E-state index is 0.154. The maximum atomic E-state index is 11.8. The minimum atomic E-state index is -0.362. The predicted octanol–water partition coefficient (Wildman–Crippen LogP) is -0.427. The molecule has 16 heteroatoms. The van der Waals surface area contributed by atoms with Crippen LogP contribution in [0.1, 0.15) is 38.5 Å². The second-order valence-electron chi connectivity index (χ2n) is 10.3. The summed E-state index contributed by atoms with van der Waals surface area (Å²) >= 11 is 0. The van der Waals surface area contributed by atoms with Crippen LogP contribution in [0.3, 0.4) is 0 Å². The number of carbonyl (C=O) groups is 6. The number of nitrogens with zero attached hydrogens (tertiary/aromatic N) is 4. The van der Waals surface area contributed by atoms with Crippen molar-refractivity contribution in [2.75, 3.05) is 121 Å². The lowest BCUT2D eigenvalue weighted by atomic mass is 10.3. The van der Waals surface area contributed by atoms with Crippen molar-refractivity contribution in [1.82, 2.24) is 19.6 Å². The molecule has 0 amide bonds. The van der Waals surface area contributed by atoms with E-state index >= 15 is 0 Å². The van der Waals surface area contributed by atoms with E-state index < -0.39 is 0 Å². The Morgan fingerprint density at radius 3 is 0.543 bits per heavy atom. The molecule has 0 aromatic rings. The Bertz CT molecular complexity index is 746. The van der Waals surface area contributed by atoms with Crippen LogP contribution in [0.2, 0.25) is 0 Å². The Morgan fingerprint density at radius 1 is 0.283 bits per heavy atom. The molecule has 0 N–H and O–H groups in total. The second-order valence-corrected chi connectivity index (χ2v) is 10.3. The summed E-state index contributed by atoms with van der Waals surface area (Å²) in [5, 5.41) is 0. The number of hydrogen-bond acceptors (Lipinski definition) is 16. The molecule has 0 bridgehead atoms. The van der Waals surface area contributed by atoms with E-state index in [1.165, 1.54) is 42.7 Å². The zero-order chi connectivity index (χ0) is 34.7. The van der Waals surface area contributed by atoms with Crippen LogP contribution in [0.4, 0.5) is 0 Å². The normalized spacial score (nSPS) is 11.1. The molecule has 0 heterocycles. The Hall–Kier alpha value is -3.34. The highest BCUT2D eigenvalue weighted by atomic mass is 16.5. The van der Waals surface area contributed by atoms with Crippen molar-refractivity contribution < 1.29 is 57.2 Å². The van der Waals surface area contributed by atoms with Crippen LogP contribution in [0.25, 0.3) is 0 Å². The quantitative estimate of drug-likeness (QED) is 0.0819. The molecular weight excluding hydrogens is 608 g/mol. The third-order valence-corrected chi connectivity index (χ3v) is 7.36. The van der Waals surface area contributed by atoms with Crippen molar-refractivity contribution in [2.24, 2.45) is 0 Å². The number of hydrogen-bond donors (Lipinski definition) is 0. The first-order chi connectivity index (χ1) is 22.0. The van der Waals surface area contributed by atoms with Crippen LogP contribution in [-0.2, 0) is 57.2 Å². The van der Waals surface area contributed by atoms with Crippen LogP contribution < -0.4 is 0 Å². The van der Waals surface area contributed by atoms with Crippen molar-refractivity contribution in [2.45, 2.75) is 38.5 Å². The zero-order valence-electron chi connectivity index (χ0n) is 28.4. The molecule has 16 nitrogen and oxygen atoms in total. The van der Waals surface area contributed by atoms with E-state index in [2.05, 4.69) is 4.90 Å². The molecule has 0 aromatic heterocycles. The van der Waals surface area contributed by atoms with Crippen molar-refractivity contribution in [1.29, 1.82) is 0 Å². The largest absolute Gasteiger partial charge is 0.469 e. The number of methoxy groups -OCH3 is 6. The number of ether oxygens (including phenoxy) is 6. The van der Waals surface area contributed by atoms with Gasteiger partial charge in [0.05, 0.1) is 81.2 Å². The molecule has 0 aliphatic rings. The fourth-order valence-electron chi connectivity index (χ4n) is 4.30. The van der Waals surface area contributed by atoms with Gasteiger partial charge in [0.25, 0.3) is 0 Å². The van der Waals surface area contributed by atoms with E-state index in [4.69, 9.17) is 28.4 Å². The first-order valence-corrected chi connectivity index (χ1v) is 15.3. The van der Waals surface area contributed by atoms with Gasteiger partial charge in [-0.1, -0.05) is 0 Å². The van der Waals surface area contributed by atoms with Gasteiger partial charge in [-0.15, -0.1) is 0 Å². The molecule has 0 unspecified atom stereocenters. The van der Waals surface area contributed by atoms with E-state index in [1.807, 2.05) is 14.7 Å². The third kappa shape index (κ3) is 22.2. The third-order valence-electron chi connectivity index (χ3n) is 7.36. The van der Waals surface area contributed by atoms with Crippen molar-refractivity contribution in [3.8, 4) is 0 Å². The van der Waals surface area contributed by atoms with Crippen molar-refractivity contribution >= 4 is 35.8 Å². The summed E-state index contributed by atoms with van der Waals surface area (Å²) in [6, 6.07) is 0. The number of rotatable bonds is 27. The molecule has 46 heavy (non-hydrogen) atoms. The van der Waals surface area contributed by atoms with Crippen molar-refractivity contribution in [3.05, 3.63) is 0 Å². The minimum Gasteiger partial charge on any atom is -0.469 e. The van der Waals surface area contributed by atoms with Gasteiger partial charge in [0.15, 0.2) is 0 Å². The second kappa shape index (κ2) is 26.8. The van der Waals surface area contributed by atoms with Gasteiger partial charge in [-0.05, 0) is 0 Å². The van der Waals surface area contributed by atoms with E-state index in [-0.39, 0.29) is 74.3 Å². The molecule has 0 rings (SSSR count). The fourth-order valence-corrected chi connectivity index (χ4v) is 4.30. The van der Waals surface area contributed by atoms with Gasteiger partial charge in [0.1, 0.15) is 0 Å². The van der Waals surface area contributed by atoms with Gasteiger partial charge in [-0.2, -0.15) is 0 Å². The summed E-state index contributed by atoms with van der Waals surface area (Å²) in [6.45, 7) is 5.48. The smallest absolute Gasteiger partial charge is 0.306 e. The summed E-state index contributed by atoms with van der Waals surface area (Å²) in [5.74, 6) is -2.17. The predicted molar refractivity (Wildman–Crippen MR) is 166 cm³/mol. The monoisotopic (exact) mass is 662 g/mol. The Kier molecular flexibility index (Phi) is 24.9. The molecule has 0 aliphatic carbocycles. The van der Waals surface area contributed by atoms with E-state index in [0.29, 0.717) is 78.5 Å². The average molecular weight is 663 g/mol. The van der Waals surface area contributed by atoms with Gasteiger partial charge in [0.2, 0.25) is 0 Å². The molecule has 0 saturated heterocycles. The van der Waals surface area contributed by atoms with Crippen molar-refractivity contribution in [3.63, 3.8) is 0 Å². The topological polar surface area (TPSA) is 171 Å². The van der Waals surface area contributed by atoms with Crippen LogP contribution in [0.15, 0.2) is 0 Å². The highest BCUT2D eigenvalue weighted by Gasteiger charge is 2.18. The number of esters is 6. The lowest BCUT2D eigenvalue weighted by Crippen LogP contribution is -2.44. The highest BCUT2D eigenvalue weighted by Crippen LogP contribution is 2.04. The standard InChI is InChI=1S/C30H54N4O12/c1-41-25(35)7-13-31(14-8-26(36)42-2)19-22-34(23-20-32(15-9-27(37)43-3)16-10-28(38)44-4)24-21-33(17-11-29(39)45-5)18-12-30(40)46-6/h7-24H2,1-6H3. The molecule has 0 atom stereocenters. The summed E-state index contributed by atoms with van der Waals surface area (Å²) in [4.78, 5) is 79.1. The Morgan fingerprint density at radius 2 is 0.413 bits per heavy atom. The molecule has 0 aromatic carbocycles. The summed E-state index contributed by atoms with van der Waals surface area (Å²) < 4.78 is 28.7. The maximum Gasteiger partial charge on any atom is 0.306 e. The Labute approximate surface area is 272 Å². The van der Waals surface area contributed by atoms with Crippen LogP contribution in [0.5, 0.6) is 0 Å². The van der Waals surface area contributed by atoms with Gasteiger partial charge in [0, 0.05) is 78.5 Å². The fraction of sp³-hybridized carbons (Fsp3) is 0.800. The van der Waals surface area contributed by atoms with Gasteiger partial charge in [-0.25, -0.2) is 0 Å². The van der Waals surface area contributed by atoms with Crippen LogP contribution >= 0.6 is 0 Å². The van der Waals surface area contributed by atoms with Gasteiger partial charge < -0.3 is 43.1 Å².